The summed E-state index contributed by atoms with van der Waals surface area (Å²) < 4.78 is 19.4. The predicted molar refractivity (Wildman–Crippen MR) is 105 cm³/mol. The second-order valence-electron chi connectivity index (χ2n) is 5.55. The van der Waals surface area contributed by atoms with Gasteiger partial charge in [0.1, 0.15) is 11.6 Å². The molecule has 7 heteroatoms. The molecule has 5 nitrogen and oxygen atoms in total. The highest BCUT2D eigenvalue weighted by Gasteiger charge is 2.16. The Morgan fingerprint density at radius 2 is 1.77 bits per heavy atom. The van der Waals surface area contributed by atoms with E-state index >= 15 is 0 Å². The fourth-order valence-corrected chi connectivity index (χ4v) is 2.54. The Bertz CT molecular complexity index is 735. The number of carbonyl (C=O) groups excluding carboxylic acids is 2. The van der Waals surface area contributed by atoms with Crippen LogP contribution in [0.4, 0.5) is 4.39 Å². The number of hydrogen-bond donors (Lipinski definition) is 1. The van der Waals surface area contributed by atoms with Crippen LogP contribution in [0.3, 0.4) is 0 Å². The molecule has 2 amide bonds. The molecule has 0 radical (unpaired) electrons. The Balaban J connectivity index is 1.78. The molecule has 138 valence electrons. The van der Waals surface area contributed by atoms with E-state index in [9.17, 15) is 14.0 Å². The quantitative estimate of drug-likeness (QED) is 0.604. The number of likely N-dealkylation sites (N-methyl/N-ethyl adjacent to an activating group) is 1. The molecule has 2 aromatic rings. The fourth-order valence-electron chi connectivity index (χ4n) is 2.18. The number of hydrogen-bond acceptors (Lipinski definition) is 3. The molecule has 0 aliphatic heterocycles. The average molecular weight is 470 g/mol. The lowest BCUT2D eigenvalue weighted by Crippen LogP contribution is -2.42. The average Bonchev–Trinajstić information content (AvgIpc) is 2.65. The van der Waals surface area contributed by atoms with Gasteiger partial charge in [0.2, 0.25) is 5.91 Å². The van der Waals surface area contributed by atoms with E-state index < -0.39 is 0 Å². The number of benzene rings is 2. The summed E-state index contributed by atoms with van der Waals surface area (Å²) in [6.07, 6.45) is 0. The van der Waals surface area contributed by atoms with Crippen LogP contribution in [-0.4, -0.2) is 36.4 Å². The molecule has 0 aromatic heterocycles. The smallest absolute Gasteiger partial charge is 0.260 e. The third-order valence-corrected chi connectivity index (χ3v) is 4.37. The lowest BCUT2D eigenvalue weighted by Gasteiger charge is -2.20. The van der Waals surface area contributed by atoms with Crippen molar-refractivity contribution in [2.75, 3.05) is 19.7 Å². The van der Waals surface area contributed by atoms with Gasteiger partial charge in [-0.05, 0) is 71.5 Å². The SMILES string of the molecule is CCN(CC(=O)NCc1ccc(F)cc1)C(=O)COc1ccc(I)cc1. The number of nitrogens with one attached hydrogen (secondary N) is 1. The summed E-state index contributed by atoms with van der Waals surface area (Å²) in [6.45, 7) is 2.31. The van der Waals surface area contributed by atoms with Crippen molar-refractivity contribution in [3.05, 3.63) is 63.5 Å². The summed E-state index contributed by atoms with van der Waals surface area (Å²) in [7, 11) is 0. The third-order valence-electron chi connectivity index (χ3n) is 3.65. The van der Waals surface area contributed by atoms with Crippen molar-refractivity contribution in [1.82, 2.24) is 10.2 Å². The van der Waals surface area contributed by atoms with Gasteiger partial charge in [0.05, 0.1) is 6.54 Å². The zero-order chi connectivity index (χ0) is 18.9. The molecule has 2 rings (SSSR count). The molecule has 26 heavy (non-hydrogen) atoms. The van der Waals surface area contributed by atoms with E-state index in [4.69, 9.17) is 4.74 Å². The Labute approximate surface area is 165 Å². The molecule has 0 unspecified atom stereocenters. The summed E-state index contributed by atoms with van der Waals surface area (Å²) >= 11 is 2.19. The summed E-state index contributed by atoms with van der Waals surface area (Å²) in [5, 5.41) is 2.72. The molecular weight excluding hydrogens is 450 g/mol. The van der Waals surface area contributed by atoms with E-state index in [2.05, 4.69) is 27.9 Å². The second-order valence-corrected chi connectivity index (χ2v) is 6.80. The normalized spacial score (nSPS) is 10.3. The Kier molecular flexibility index (Phi) is 7.83. The minimum Gasteiger partial charge on any atom is -0.484 e. The molecule has 0 fully saturated rings. The van der Waals surface area contributed by atoms with Gasteiger partial charge in [0.15, 0.2) is 6.61 Å². The van der Waals surface area contributed by atoms with Gasteiger partial charge in [0, 0.05) is 16.7 Å². The number of rotatable bonds is 8. The van der Waals surface area contributed by atoms with Crippen LogP contribution in [0.15, 0.2) is 48.5 Å². The maximum absolute atomic E-state index is 12.9. The van der Waals surface area contributed by atoms with Crippen LogP contribution in [-0.2, 0) is 16.1 Å². The third kappa shape index (κ3) is 6.62. The Morgan fingerprint density at radius 1 is 1.12 bits per heavy atom. The maximum Gasteiger partial charge on any atom is 0.260 e. The van der Waals surface area contributed by atoms with Crippen molar-refractivity contribution < 1.29 is 18.7 Å². The topological polar surface area (TPSA) is 58.6 Å². The summed E-state index contributed by atoms with van der Waals surface area (Å²) in [5.74, 6) is -0.256. The molecule has 2 aromatic carbocycles. The lowest BCUT2D eigenvalue weighted by atomic mass is 10.2. The van der Waals surface area contributed by atoms with Crippen molar-refractivity contribution in [3.8, 4) is 5.75 Å². The largest absolute Gasteiger partial charge is 0.484 e. The molecule has 0 bridgehead atoms. The number of amides is 2. The number of halogens is 2. The van der Waals surface area contributed by atoms with Gasteiger partial charge in [-0.3, -0.25) is 9.59 Å². The number of ether oxygens (including phenoxy) is 1. The second kappa shape index (κ2) is 10.1. The fraction of sp³-hybridized carbons (Fsp3) is 0.263. The molecule has 1 N–H and O–H groups in total. The molecule has 0 heterocycles. The lowest BCUT2D eigenvalue weighted by molar-refractivity contribution is -0.137. The van der Waals surface area contributed by atoms with Crippen molar-refractivity contribution in [1.29, 1.82) is 0 Å². The van der Waals surface area contributed by atoms with Gasteiger partial charge in [-0.25, -0.2) is 4.39 Å². The predicted octanol–water partition coefficient (Wildman–Crippen LogP) is 2.97. The van der Waals surface area contributed by atoms with Crippen LogP contribution in [0.5, 0.6) is 5.75 Å². The monoisotopic (exact) mass is 470 g/mol. The highest BCUT2D eigenvalue weighted by Crippen LogP contribution is 2.13. The van der Waals surface area contributed by atoms with Crippen molar-refractivity contribution >= 4 is 34.4 Å². The van der Waals surface area contributed by atoms with Crippen molar-refractivity contribution in [2.45, 2.75) is 13.5 Å². The minimum atomic E-state index is -0.323. The number of carbonyl (C=O) groups is 2. The van der Waals surface area contributed by atoms with Gasteiger partial charge >= 0.3 is 0 Å². The maximum atomic E-state index is 12.9. The molecule has 0 saturated heterocycles. The van der Waals surface area contributed by atoms with Crippen LogP contribution in [0.1, 0.15) is 12.5 Å². The molecule has 0 saturated carbocycles. The van der Waals surface area contributed by atoms with Crippen LogP contribution < -0.4 is 10.1 Å². The molecular formula is C19H20FIN2O3. The van der Waals surface area contributed by atoms with E-state index in [0.717, 1.165) is 9.13 Å². The molecule has 0 aliphatic rings. The summed E-state index contributed by atoms with van der Waals surface area (Å²) in [5.41, 5.74) is 0.788. The van der Waals surface area contributed by atoms with E-state index in [1.165, 1.54) is 17.0 Å². The zero-order valence-corrected chi connectivity index (χ0v) is 16.5. The van der Waals surface area contributed by atoms with E-state index in [-0.39, 0.29) is 37.3 Å². The van der Waals surface area contributed by atoms with Crippen LogP contribution >= 0.6 is 22.6 Å². The van der Waals surface area contributed by atoms with Crippen LogP contribution in [0.2, 0.25) is 0 Å². The molecule has 0 aliphatic carbocycles. The van der Waals surface area contributed by atoms with Crippen LogP contribution in [0, 0.1) is 9.39 Å². The van der Waals surface area contributed by atoms with E-state index in [0.29, 0.717) is 12.3 Å². The van der Waals surface area contributed by atoms with E-state index in [1.54, 1.807) is 31.2 Å². The number of nitrogens with zero attached hydrogens (tertiary/aromatic N) is 1. The van der Waals surface area contributed by atoms with E-state index in [1.807, 2.05) is 12.1 Å². The minimum absolute atomic E-state index is 0.0490. The first-order valence-electron chi connectivity index (χ1n) is 8.15. The first-order valence-corrected chi connectivity index (χ1v) is 9.23. The first kappa shape index (κ1) is 20.2. The molecule has 0 atom stereocenters. The summed E-state index contributed by atoms with van der Waals surface area (Å²) in [4.78, 5) is 25.7. The van der Waals surface area contributed by atoms with Gasteiger partial charge in [-0.15, -0.1) is 0 Å². The highest BCUT2D eigenvalue weighted by molar-refractivity contribution is 14.1. The van der Waals surface area contributed by atoms with Crippen LogP contribution in [0.25, 0.3) is 0 Å². The Morgan fingerprint density at radius 3 is 2.38 bits per heavy atom. The first-order chi connectivity index (χ1) is 12.5. The zero-order valence-electron chi connectivity index (χ0n) is 14.4. The summed E-state index contributed by atoms with van der Waals surface area (Å²) in [6, 6.07) is 13.3. The van der Waals surface area contributed by atoms with Crippen molar-refractivity contribution in [2.24, 2.45) is 0 Å². The van der Waals surface area contributed by atoms with Gasteiger partial charge < -0.3 is 15.0 Å². The van der Waals surface area contributed by atoms with Gasteiger partial charge in [0.25, 0.3) is 5.91 Å². The molecule has 0 spiro atoms. The highest BCUT2D eigenvalue weighted by atomic mass is 127. The van der Waals surface area contributed by atoms with Crippen molar-refractivity contribution in [3.63, 3.8) is 0 Å². The van der Waals surface area contributed by atoms with Gasteiger partial charge in [-0.1, -0.05) is 12.1 Å². The van der Waals surface area contributed by atoms with Gasteiger partial charge in [-0.2, -0.15) is 0 Å². The Hall–Kier alpha value is -2.16. The standard InChI is InChI=1S/C19H20FIN2O3/c1-2-23(19(25)13-26-17-9-7-16(21)8-10-17)12-18(24)22-11-14-3-5-15(20)6-4-14/h3-10H,2,11-13H2,1H3,(H,22,24).